The van der Waals surface area contributed by atoms with E-state index in [-0.39, 0.29) is 12.0 Å². The number of likely N-dealkylation sites (N-methyl/N-ethyl adjacent to an activating group) is 1. The van der Waals surface area contributed by atoms with Gasteiger partial charge in [-0.05, 0) is 52.2 Å². The van der Waals surface area contributed by atoms with E-state index in [1.807, 2.05) is 15.9 Å². The molecule has 3 saturated heterocycles. The number of piperidine rings is 1. The first-order valence-corrected chi connectivity index (χ1v) is 10.8. The lowest BCUT2D eigenvalue weighted by molar-refractivity contribution is 0.00298. The minimum absolute atomic E-state index is 0.0210. The third-order valence-electron chi connectivity index (χ3n) is 6.71. The molecule has 3 aliphatic rings. The molecule has 8 nitrogen and oxygen atoms in total. The number of aromatic amines is 1. The van der Waals surface area contributed by atoms with Crippen molar-refractivity contribution in [3.63, 3.8) is 0 Å². The molecule has 4 rings (SSSR count). The van der Waals surface area contributed by atoms with Crippen molar-refractivity contribution in [3.05, 3.63) is 24.0 Å². The van der Waals surface area contributed by atoms with E-state index in [1.165, 1.54) is 6.42 Å². The average molecular weight is 404 g/mol. The first-order valence-electron chi connectivity index (χ1n) is 10.8. The van der Waals surface area contributed by atoms with Crippen molar-refractivity contribution < 1.29 is 14.3 Å². The lowest BCUT2D eigenvalue weighted by atomic mass is 9.91. The van der Waals surface area contributed by atoms with Crippen LogP contribution in [0.2, 0.25) is 0 Å². The molecule has 2 amide bonds. The quantitative estimate of drug-likeness (QED) is 0.779. The molecular weight excluding hydrogens is 370 g/mol. The largest absolute Gasteiger partial charge is 0.441 e. The summed E-state index contributed by atoms with van der Waals surface area (Å²) in [5.41, 5.74) is 0.192. The molecule has 1 spiro atoms. The van der Waals surface area contributed by atoms with Crippen LogP contribution in [0.1, 0.15) is 36.2 Å². The number of amides is 2. The molecule has 1 aromatic rings. The molecule has 160 valence electrons. The highest BCUT2D eigenvalue weighted by Crippen LogP contribution is 2.33. The molecule has 0 bridgehead atoms. The Bertz CT molecular complexity index is 712. The van der Waals surface area contributed by atoms with E-state index in [4.69, 9.17) is 4.74 Å². The van der Waals surface area contributed by atoms with Gasteiger partial charge in [0.1, 0.15) is 11.3 Å². The van der Waals surface area contributed by atoms with Crippen molar-refractivity contribution in [2.75, 3.05) is 59.9 Å². The number of hydrogen-bond acceptors (Lipinski definition) is 5. The number of carbonyl (C=O) groups is 2. The Morgan fingerprint density at radius 1 is 1.28 bits per heavy atom. The summed E-state index contributed by atoms with van der Waals surface area (Å²) in [4.78, 5) is 36.4. The Morgan fingerprint density at radius 2 is 2.07 bits per heavy atom. The molecule has 0 saturated carbocycles. The highest BCUT2D eigenvalue weighted by molar-refractivity contribution is 5.92. The van der Waals surface area contributed by atoms with Gasteiger partial charge >= 0.3 is 6.09 Å². The second kappa shape index (κ2) is 8.36. The van der Waals surface area contributed by atoms with Crippen LogP contribution in [0.4, 0.5) is 4.79 Å². The van der Waals surface area contributed by atoms with Crippen LogP contribution in [0.25, 0.3) is 0 Å². The molecule has 1 atom stereocenters. The molecule has 29 heavy (non-hydrogen) atoms. The first-order chi connectivity index (χ1) is 14.0. The number of nitrogens with one attached hydrogen (secondary N) is 1. The van der Waals surface area contributed by atoms with Crippen LogP contribution in [0.15, 0.2) is 18.3 Å². The number of aromatic nitrogens is 1. The Morgan fingerprint density at radius 3 is 2.72 bits per heavy atom. The summed E-state index contributed by atoms with van der Waals surface area (Å²) in [5.74, 6) is 0.0210. The van der Waals surface area contributed by atoms with Crippen molar-refractivity contribution in [3.8, 4) is 0 Å². The number of likely N-dealkylation sites (tertiary alicyclic amines) is 2. The zero-order valence-corrected chi connectivity index (χ0v) is 17.6. The summed E-state index contributed by atoms with van der Waals surface area (Å²) in [6.07, 6.45) is 5.18. The maximum atomic E-state index is 12.5. The van der Waals surface area contributed by atoms with Crippen LogP contribution in [-0.2, 0) is 4.74 Å². The van der Waals surface area contributed by atoms with Gasteiger partial charge in [-0.2, -0.15) is 0 Å². The van der Waals surface area contributed by atoms with Gasteiger partial charge in [0.2, 0.25) is 0 Å². The fourth-order valence-electron chi connectivity index (χ4n) is 4.80. The second-order valence-electron chi connectivity index (χ2n) is 8.91. The SMILES string of the molecule is CN(C)[C@H]1CCN(CCCN2CC3(CCN(C(=O)c4ccc[nH]4)CC3)OC2=O)C1. The van der Waals surface area contributed by atoms with Gasteiger partial charge in [-0.25, -0.2) is 4.79 Å². The van der Waals surface area contributed by atoms with Crippen molar-refractivity contribution in [2.24, 2.45) is 0 Å². The molecule has 1 N–H and O–H groups in total. The maximum absolute atomic E-state index is 12.5. The zero-order chi connectivity index (χ0) is 20.4. The Labute approximate surface area is 172 Å². The van der Waals surface area contributed by atoms with E-state index < -0.39 is 5.60 Å². The van der Waals surface area contributed by atoms with Gasteiger partial charge in [-0.3, -0.25) is 4.79 Å². The number of hydrogen-bond donors (Lipinski definition) is 1. The molecule has 4 heterocycles. The second-order valence-corrected chi connectivity index (χ2v) is 8.91. The van der Waals surface area contributed by atoms with E-state index in [9.17, 15) is 9.59 Å². The van der Waals surface area contributed by atoms with Gasteiger partial charge in [0.25, 0.3) is 5.91 Å². The fourth-order valence-corrected chi connectivity index (χ4v) is 4.80. The normalized spacial score (nSPS) is 24.7. The Kier molecular flexibility index (Phi) is 5.83. The lowest BCUT2D eigenvalue weighted by Gasteiger charge is -2.37. The fraction of sp³-hybridized carbons (Fsp3) is 0.714. The van der Waals surface area contributed by atoms with Crippen LogP contribution in [0.3, 0.4) is 0 Å². The molecule has 0 unspecified atom stereocenters. The summed E-state index contributed by atoms with van der Waals surface area (Å²) in [5, 5.41) is 0. The molecule has 3 aliphatic heterocycles. The van der Waals surface area contributed by atoms with E-state index in [0.29, 0.717) is 44.2 Å². The average Bonchev–Trinajstić information content (AvgIpc) is 3.44. The molecule has 8 heteroatoms. The summed E-state index contributed by atoms with van der Waals surface area (Å²) < 4.78 is 5.81. The Hall–Kier alpha value is -2.06. The van der Waals surface area contributed by atoms with Crippen molar-refractivity contribution in [2.45, 2.75) is 37.3 Å². The van der Waals surface area contributed by atoms with E-state index in [1.54, 1.807) is 12.3 Å². The number of rotatable bonds is 6. The summed E-state index contributed by atoms with van der Waals surface area (Å²) in [6, 6.07) is 4.28. The minimum Gasteiger partial charge on any atom is -0.441 e. The monoisotopic (exact) mass is 403 g/mol. The van der Waals surface area contributed by atoms with Gasteiger partial charge in [0.15, 0.2) is 0 Å². The third-order valence-corrected chi connectivity index (χ3v) is 6.71. The first kappa shape index (κ1) is 20.2. The van der Waals surface area contributed by atoms with E-state index in [0.717, 1.165) is 32.6 Å². The van der Waals surface area contributed by atoms with Gasteiger partial charge in [0.05, 0.1) is 6.54 Å². The molecule has 0 aromatic carbocycles. The predicted molar refractivity (Wildman–Crippen MR) is 110 cm³/mol. The number of nitrogens with zero attached hydrogens (tertiary/aromatic N) is 4. The van der Waals surface area contributed by atoms with Gasteiger partial charge < -0.3 is 29.3 Å². The van der Waals surface area contributed by atoms with E-state index in [2.05, 4.69) is 28.9 Å². The molecule has 0 radical (unpaired) electrons. The highest BCUT2D eigenvalue weighted by atomic mass is 16.6. The number of ether oxygens (including phenoxy) is 1. The van der Waals surface area contributed by atoms with Crippen LogP contribution < -0.4 is 0 Å². The molecule has 0 aliphatic carbocycles. The standard InChI is InChI=1S/C21H33N5O3/c1-23(2)17-6-12-24(15-17)10-4-11-26-16-21(29-20(26)28)7-13-25(14-8-21)19(27)18-5-3-9-22-18/h3,5,9,17,22H,4,6-8,10-16H2,1-2H3/t17-/m0/s1. The number of H-pyrrole nitrogens is 1. The lowest BCUT2D eigenvalue weighted by Crippen LogP contribution is -2.48. The molecule has 3 fully saturated rings. The predicted octanol–water partition coefficient (Wildman–Crippen LogP) is 1.47. The van der Waals surface area contributed by atoms with Crippen LogP contribution in [0.5, 0.6) is 0 Å². The topological polar surface area (TPSA) is 72.1 Å². The van der Waals surface area contributed by atoms with Gasteiger partial charge in [-0.15, -0.1) is 0 Å². The molecule has 1 aromatic heterocycles. The van der Waals surface area contributed by atoms with Crippen molar-refractivity contribution in [1.29, 1.82) is 0 Å². The van der Waals surface area contributed by atoms with Crippen LogP contribution in [0, 0.1) is 0 Å². The smallest absolute Gasteiger partial charge is 0.410 e. The molecular formula is C21H33N5O3. The zero-order valence-electron chi connectivity index (χ0n) is 17.6. The summed E-state index contributed by atoms with van der Waals surface area (Å²) in [6.45, 7) is 5.93. The van der Waals surface area contributed by atoms with E-state index >= 15 is 0 Å². The van der Waals surface area contributed by atoms with Crippen LogP contribution in [-0.4, -0.2) is 108 Å². The van der Waals surface area contributed by atoms with Gasteiger partial charge in [-0.1, -0.05) is 0 Å². The third kappa shape index (κ3) is 4.43. The van der Waals surface area contributed by atoms with Crippen molar-refractivity contribution in [1.82, 2.24) is 24.6 Å². The summed E-state index contributed by atoms with van der Waals surface area (Å²) in [7, 11) is 4.29. The van der Waals surface area contributed by atoms with Crippen LogP contribution >= 0.6 is 0 Å². The maximum Gasteiger partial charge on any atom is 0.410 e. The number of carbonyl (C=O) groups excluding carboxylic acids is 2. The minimum atomic E-state index is -0.423. The summed E-state index contributed by atoms with van der Waals surface area (Å²) >= 11 is 0. The van der Waals surface area contributed by atoms with Crippen molar-refractivity contribution >= 4 is 12.0 Å². The Balaban J connectivity index is 1.22. The highest BCUT2D eigenvalue weighted by Gasteiger charge is 2.47. The van der Waals surface area contributed by atoms with Gasteiger partial charge in [0, 0.05) is 51.3 Å².